The van der Waals surface area contributed by atoms with Crippen molar-refractivity contribution in [2.24, 2.45) is 5.73 Å². The zero-order chi connectivity index (χ0) is 25.4. The summed E-state index contributed by atoms with van der Waals surface area (Å²) in [5, 5.41) is 0.836. The molecule has 2 fully saturated rings. The lowest BCUT2D eigenvalue weighted by molar-refractivity contribution is 0.0303. The summed E-state index contributed by atoms with van der Waals surface area (Å²) in [5.74, 6) is -0.570. The summed E-state index contributed by atoms with van der Waals surface area (Å²) < 4.78 is 10.8. The monoisotopic (exact) mass is 499 g/mol. The van der Waals surface area contributed by atoms with E-state index in [2.05, 4.69) is 22.0 Å². The van der Waals surface area contributed by atoms with Crippen LogP contribution in [0.3, 0.4) is 0 Å². The molecule has 4 heterocycles. The molecule has 37 heavy (non-hydrogen) atoms. The number of nitrogens with zero attached hydrogens (tertiary/aromatic N) is 3. The number of primary amides is 1. The van der Waals surface area contributed by atoms with E-state index in [1.54, 1.807) is 11.0 Å². The Morgan fingerprint density at radius 2 is 1.70 bits per heavy atom. The number of carbonyl (C=O) groups is 2. The highest BCUT2D eigenvalue weighted by atomic mass is 16.5. The van der Waals surface area contributed by atoms with E-state index in [0.717, 1.165) is 49.3 Å². The van der Waals surface area contributed by atoms with Crippen LogP contribution < -0.4 is 5.73 Å². The van der Waals surface area contributed by atoms with Gasteiger partial charge < -0.3 is 25.1 Å². The van der Waals surface area contributed by atoms with Crippen LogP contribution in [0.4, 0.5) is 0 Å². The number of amides is 2. The molecule has 4 aromatic rings. The van der Waals surface area contributed by atoms with Crippen molar-refractivity contribution in [1.82, 2.24) is 19.8 Å². The van der Waals surface area contributed by atoms with Crippen LogP contribution in [0.15, 0.2) is 48.5 Å². The standard InChI is InChI=1S/C28H29N5O4/c29-27(34)22-16-23(19-3-1-2-18(14-19)17-32-6-10-36-11-7-32)30-25-21-5-4-20(15-24(21)31-26(22)25)28(35)33-8-12-37-13-9-33/h1-5,14-16,31H,6-13,17H2,(H2,29,34). The number of nitrogens with two attached hydrogens (primary N) is 1. The van der Waals surface area contributed by atoms with Crippen molar-refractivity contribution in [2.45, 2.75) is 6.54 Å². The van der Waals surface area contributed by atoms with E-state index in [1.807, 2.05) is 30.3 Å². The van der Waals surface area contributed by atoms with Gasteiger partial charge in [-0.1, -0.05) is 18.2 Å². The van der Waals surface area contributed by atoms with Crippen molar-refractivity contribution in [3.8, 4) is 11.3 Å². The third-order valence-electron chi connectivity index (χ3n) is 7.10. The van der Waals surface area contributed by atoms with E-state index in [-0.39, 0.29) is 5.91 Å². The van der Waals surface area contributed by atoms with E-state index in [9.17, 15) is 9.59 Å². The van der Waals surface area contributed by atoms with Crippen LogP contribution in [0.25, 0.3) is 33.2 Å². The quantitative estimate of drug-likeness (QED) is 0.437. The molecule has 9 nitrogen and oxygen atoms in total. The number of aromatic amines is 1. The fourth-order valence-corrected chi connectivity index (χ4v) is 5.13. The Labute approximate surface area is 214 Å². The first-order valence-corrected chi connectivity index (χ1v) is 12.6. The number of ether oxygens (including phenoxy) is 2. The molecule has 2 aliphatic heterocycles. The van der Waals surface area contributed by atoms with Gasteiger partial charge in [-0.3, -0.25) is 14.5 Å². The Bertz CT molecular complexity index is 1480. The molecule has 0 aliphatic carbocycles. The number of carbonyl (C=O) groups excluding carboxylic acids is 2. The zero-order valence-corrected chi connectivity index (χ0v) is 20.5. The number of aromatic nitrogens is 2. The average Bonchev–Trinajstić information content (AvgIpc) is 3.31. The number of hydrogen-bond donors (Lipinski definition) is 2. The molecule has 0 unspecified atom stereocenters. The highest BCUT2D eigenvalue weighted by molar-refractivity contribution is 6.14. The highest BCUT2D eigenvalue weighted by Gasteiger charge is 2.21. The number of morpholine rings is 2. The number of nitrogens with one attached hydrogen (secondary N) is 1. The third-order valence-corrected chi connectivity index (χ3v) is 7.10. The van der Waals surface area contributed by atoms with Gasteiger partial charge in [0.15, 0.2) is 0 Å². The molecule has 6 rings (SSSR count). The number of benzene rings is 2. The fraction of sp³-hybridized carbons (Fsp3) is 0.321. The summed E-state index contributed by atoms with van der Waals surface area (Å²) in [5.41, 5.74) is 11.5. The Hall–Kier alpha value is -3.79. The number of hydrogen-bond acceptors (Lipinski definition) is 6. The molecule has 2 aliphatic rings. The molecule has 0 atom stereocenters. The Morgan fingerprint density at radius 1 is 0.946 bits per heavy atom. The summed E-state index contributed by atoms with van der Waals surface area (Å²) in [7, 11) is 0. The minimum Gasteiger partial charge on any atom is -0.379 e. The molecule has 0 radical (unpaired) electrons. The first-order chi connectivity index (χ1) is 18.1. The molecule has 0 bridgehead atoms. The Kier molecular flexibility index (Phi) is 6.33. The van der Waals surface area contributed by atoms with Crippen LogP contribution >= 0.6 is 0 Å². The minimum absolute atomic E-state index is 0.0373. The van der Waals surface area contributed by atoms with Crippen LogP contribution in [0.5, 0.6) is 0 Å². The first-order valence-electron chi connectivity index (χ1n) is 12.6. The molecule has 0 spiro atoms. The van der Waals surface area contributed by atoms with Gasteiger partial charge in [0, 0.05) is 54.8 Å². The smallest absolute Gasteiger partial charge is 0.254 e. The van der Waals surface area contributed by atoms with Gasteiger partial charge in [0.2, 0.25) is 0 Å². The van der Waals surface area contributed by atoms with Gasteiger partial charge in [-0.15, -0.1) is 0 Å². The fourth-order valence-electron chi connectivity index (χ4n) is 5.13. The highest BCUT2D eigenvalue weighted by Crippen LogP contribution is 2.31. The van der Waals surface area contributed by atoms with Crippen LogP contribution in [0, 0.1) is 0 Å². The molecule has 0 saturated carbocycles. The van der Waals surface area contributed by atoms with Crippen molar-refractivity contribution in [3.63, 3.8) is 0 Å². The lowest BCUT2D eigenvalue weighted by atomic mass is 10.0. The maximum atomic E-state index is 13.0. The van der Waals surface area contributed by atoms with E-state index < -0.39 is 5.91 Å². The van der Waals surface area contributed by atoms with Crippen LogP contribution in [-0.4, -0.2) is 84.2 Å². The van der Waals surface area contributed by atoms with Crippen molar-refractivity contribution in [2.75, 3.05) is 52.6 Å². The van der Waals surface area contributed by atoms with Gasteiger partial charge in [-0.2, -0.15) is 0 Å². The summed E-state index contributed by atoms with van der Waals surface area (Å²) >= 11 is 0. The van der Waals surface area contributed by atoms with Gasteiger partial charge in [-0.05, 0) is 35.9 Å². The number of fused-ring (bicyclic) bond motifs is 3. The van der Waals surface area contributed by atoms with Gasteiger partial charge in [-0.25, -0.2) is 4.98 Å². The molecule has 2 amide bonds. The molecule has 9 heteroatoms. The minimum atomic E-state index is -0.533. The predicted octanol–water partition coefficient (Wildman–Crippen LogP) is 2.79. The molecule has 2 aromatic carbocycles. The lowest BCUT2D eigenvalue weighted by Gasteiger charge is -2.26. The van der Waals surface area contributed by atoms with Gasteiger partial charge in [0.1, 0.15) is 0 Å². The molecular formula is C28H29N5O4. The predicted molar refractivity (Wildman–Crippen MR) is 140 cm³/mol. The number of H-pyrrole nitrogens is 1. The van der Waals surface area contributed by atoms with Gasteiger partial charge in [0.25, 0.3) is 11.8 Å². The topological polar surface area (TPSA) is 114 Å². The summed E-state index contributed by atoms with van der Waals surface area (Å²) in [6.45, 7) is 6.38. The molecular weight excluding hydrogens is 470 g/mol. The molecule has 3 N–H and O–H groups in total. The second-order valence-electron chi connectivity index (χ2n) is 9.52. The van der Waals surface area contributed by atoms with E-state index in [4.69, 9.17) is 20.2 Å². The number of rotatable bonds is 5. The zero-order valence-electron chi connectivity index (χ0n) is 20.5. The van der Waals surface area contributed by atoms with Crippen LogP contribution in [0.1, 0.15) is 26.3 Å². The van der Waals surface area contributed by atoms with Crippen molar-refractivity contribution in [1.29, 1.82) is 0 Å². The SMILES string of the molecule is NC(=O)c1cc(-c2cccc(CN3CCOCC3)c2)nc2c1[nH]c1cc(C(=O)N3CCOCC3)ccc12. The number of pyridine rings is 1. The summed E-state index contributed by atoms with van der Waals surface area (Å²) in [4.78, 5) is 37.9. The maximum absolute atomic E-state index is 13.0. The average molecular weight is 500 g/mol. The van der Waals surface area contributed by atoms with Gasteiger partial charge in [0.05, 0.1) is 48.7 Å². The van der Waals surface area contributed by atoms with Crippen LogP contribution in [-0.2, 0) is 16.0 Å². The molecule has 2 aromatic heterocycles. The first kappa shape index (κ1) is 23.6. The Morgan fingerprint density at radius 3 is 2.46 bits per heavy atom. The summed E-state index contributed by atoms with van der Waals surface area (Å²) in [6, 6.07) is 15.5. The Balaban J connectivity index is 1.38. The second-order valence-corrected chi connectivity index (χ2v) is 9.52. The maximum Gasteiger partial charge on any atom is 0.254 e. The second kappa shape index (κ2) is 9.93. The van der Waals surface area contributed by atoms with E-state index in [0.29, 0.717) is 54.2 Å². The largest absolute Gasteiger partial charge is 0.379 e. The normalized spacial score (nSPS) is 16.9. The van der Waals surface area contributed by atoms with Crippen molar-refractivity contribution < 1.29 is 19.1 Å². The lowest BCUT2D eigenvalue weighted by Crippen LogP contribution is -2.40. The van der Waals surface area contributed by atoms with Crippen molar-refractivity contribution in [3.05, 3.63) is 65.2 Å². The third kappa shape index (κ3) is 4.69. The van der Waals surface area contributed by atoms with Crippen molar-refractivity contribution >= 4 is 33.8 Å². The molecule has 190 valence electrons. The van der Waals surface area contributed by atoms with Gasteiger partial charge >= 0.3 is 0 Å². The summed E-state index contributed by atoms with van der Waals surface area (Å²) in [6.07, 6.45) is 0. The van der Waals surface area contributed by atoms with Crippen LogP contribution in [0.2, 0.25) is 0 Å². The van der Waals surface area contributed by atoms with E-state index in [1.165, 1.54) is 5.56 Å². The van der Waals surface area contributed by atoms with E-state index >= 15 is 0 Å². The molecule has 2 saturated heterocycles.